The highest BCUT2D eigenvalue weighted by Crippen LogP contribution is 2.28. The molecule has 1 fully saturated rings. The quantitative estimate of drug-likeness (QED) is 0.816. The van der Waals surface area contributed by atoms with E-state index in [2.05, 4.69) is 4.98 Å². The molecular weight excluding hydrogens is 220 g/mol. The molecule has 1 aromatic rings. The third-order valence-electron chi connectivity index (χ3n) is 3.17. The monoisotopic (exact) mass is 236 g/mol. The first-order valence-electron chi connectivity index (χ1n) is 5.75. The van der Waals surface area contributed by atoms with Crippen LogP contribution >= 0.6 is 0 Å². The predicted molar refractivity (Wildman–Crippen MR) is 61.5 cm³/mol. The van der Waals surface area contributed by atoms with E-state index in [4.69, 9.17) is 5.11 Å². The van der Waals surface area contributed by atoms with Gasteiger partial charge in [0.15, 0.2) is 0 Å². The number of carbonyl (C=O) groups is 1. The maximum atomic E-state index is 10.9. The summed E-state index contributed by atoms with van der Waals surface area (Å²) in [5.74, 6) is -0.0604. The van der Waals surface area contributed by atoms with Crippen molar-refractivity contribution in [2.75, 3.05) is 13.1 Å². The van der Waals surface area contributed by atoms with Crippen molar-refractivity contribution in [2.24, 2.45) is 5.92 Å². The highest BCUT2D eigenvalue weighted by atomic mass is 16.4. The summed E-state index contributed by atoms with van der Waals surface area (Å²) in [7, 11) is 0. The van der Waals surface area contributed by atoms with E-state index in [9.17, 15) is 9.90 Å². The second-order valence-electron chi connectivity index (χ2n) is 4.33. The van der Waals surface area contributed by atoms with E-state index in [1.807, 2.05) is 6.07 Å². The maximum absolute atomic E-state index is 10.9. The molecule has 1 amide bonds. The van der Waals surface area contributed by atoms with E-state index >= 15 is 0 Å². The van der Waals surface area contributed by atoms with Crippen LogP contribution in [-0.4, -0.2) is 39.3 Å². The number of aliphatic hydroxyl groups excluding tert-OH is 1. The van der Waals surface area contributed by atoms with Crippen LogP contribution in [0.1, 0.15) is 24.6 Å². The van der Waals surface area contributed by atoms with Gasteiger partial charge in [0.25, 0.3) is 0 Å². The van der Waals surface area contributed by atoms with Gasteiger partial charge < -0.3 is 15.1 Å². The molecule has 0 aromatic carbocycles. The summed E-state index contributed by atoms with van der Waals surface area (Å²) >= 11 is 0. The first kappa shape index (κ1) is 11.9. The number of rotatable bonds is 2. The maximum Gasteiger partial charge on any atom is 0.407 e. The molecule has 1 saturated heterocycles. The van der Waals surface area contributed by atoms with Gasteiger partial charge in [-0.15, -0.1) is 0 Å². The van der Waals surface area contributed by atoms with E-state index in [1.54, 1.807) is 18.3 Å². The minimum Gasteiger partial charge on any atom is -0.465 e. The Labute approximate surface area is 99.7 Å². The van der Waals surface area contributed by atoms with Crippen LogP contribution in [0.25, 0.3) is 0 Å². The van der Waals surface area contributed by atoms with Crippen LogP contribution in [0, 0.1) is 5.92 Å². The first-order valence-corrected chi connectivity index (χ1v) is 5.75. The number of aliphatic hydroxyl groups is 1. The van der Waals surface area contributed by atoms with Crippen LogP contribution in [0.3, 0.4) is 0 Å². The molecule has 17 heavy (non-hydrogen) atoms. The van der Waals surface area contributed by atoms with E-state index in [1.165, 1.54) is 4.90 Å². The normalized spacial score (nSPS) is 22.2. The zero-order valence-electron chi connectivity index (χ0n) is 9.49. The minimum atomic E-state index is -0.914. The first-order chi connectivity index (χ1) is 8.18. The second kappa shape index (κ2) is 5.14. The van der Waals surface area contributed by atoms with Crippen molar-refractivity contribution in [3.8, 4) is 0 Å². The number of carboxylic acid groups (broad SMARTS) is 1. The third kappa shape index (κ3) is 2.74. The molecule has 2 N–H and O–H groups in total. The van der Waals surface area contributed by atoms with E-state index in [0.717, 1.165) is 12.8 Å². The summed E-state index contributed by atoms with van der Waals surface area (Å²) in [6, 6.07) is 5.38. The van der Waals surface area contributed by atoms with Crippen molar-refractivity contribution in [3.63, 3.8) is 0 Å². The summed E-state index contributed by atoms with van der Waals surface area (Å²) in [6.45, 7) is 0.938. The molecule has 0 radical (unpaired) electrons. The van der Waals surface area contributed by atoms with Crippen molar-refractivity contribution in [3.05, 3.63) is 30.1 Å². The lowest BCUT2D eigenvalue weighted by Crippen LogP contribution is -2.41. The van der Waals surface area contributed by atoms with Gasteiger partial charge in [-0.05, 0) is 25.0 Å². The summed E-state index contributed by atoms with van der Waals surface area (Å²) in [6.07, 6.45) is 1.67. The fourth-order valence-electron chi connectivity index (χ4n) is 2.23. The van der Waals surface area contributed by atoms with Crippen molar-refractivity contribution in [2.45, 2.75) is 18.9 Å². The van der Waals surface area contributed by atoms with Crippen molar-refractivity contribution in [1.82, 2.24) is 9.88 Å². The van der Waals surface area contributed by atoms with Gasteiger partial charge in [0.2, 0.25) is 0 Å². The molecule has 0 saturated carbocycles. The second-order valence-corrected chi connectivity index (χ2v) is 4.33. The molecule has 1 aliphatic rings. The Kier molecular flexibility index (Phi) is 3.58. The van der Waals surface area contributed by atoms with E-state index in [0.29, 0.717) is 18.8 Å². The van der Waals surface area contributed by atoms with Crippen LogP contribution in [0.5, 0.6) is 0 Å². The van der Waals surface area contributed by atoms with Crippen molar-refractivity contribution in [1.29, 1.82) is 0 Å². The molecule has 5 heteroatoms. The number of hydrogen-bond acceptors (Lipinski definition) is 3. The molecule has 92 valence electrons. The molecule has 0 aliphatic carbocycles. The summed E-state index contributed by atoms with van der Waals surface area (Å²) in [4.78, 5) is 16.4. The minimum absolute atomic E-state index is 0.0604. The molecule has 2 heterocycles. The van der Waals surface area contributed by atoms with Gasteiger partial charge in [-0.1, -0.05) is 6.07 Å². The number of pyridine rings is 1. The Morgan fingerprint density at radius 3 is 3.00 bits per heavy atom. The Morgan fingerprint density at radius 2 is 2.35 bits per heavy atom. The van der Waals surface area contributed by atoms with Crippen LogP contribution in [0.4, 0.5) is 4.79 Å². The molecule has 5 nitrogen and oxygen atoms in total. The summed E-state index contributed by atoms with van der Waals surface area (Å²) in [5, 5.41) is 19.1. The lowest BCUT2D eigenvalue weighted by Gasteiger charge is -2.33. The largest absolute Gasteiger partial charge is 0.465 e. The number of piperidine rings is 1. The number of likely N-dealkylation sites (tertiary alicyclic amines) is 1. The molecule has 2 rings (SSSR count). The van der Waals surface area contributed by atoms with Gasteiger partial charge in [0, 0.05) is 25.2 Å². The van der Waals surface area contributed by atoms with Gasteiger partial charge in [-0.25, -0.2) is 4.79 Å². The predicted octanol–water partition coefficient (Wildman–Crippen LogP) is 1.50. The molecule has 1 aliphatic heterocycles. The number of hydrogen-bond donors (Lipinski definition) is 2. The molecule has 2 atom stereocenters. The van der Waals surface area contributed by atoms with Gasteiger partial charge in [-0.2, -0.15) is 0 Å². The molecule has 0 spiro atoms. The van der Waals surface area contributed by atoms with E-state index in [-0.39, 0.29) is 5.92 Å². The highest BCUT2D eigenvalue weighted by Gasteiger charge is 2.29. The number of aromatic nitrogens is 1. The average Bonchev–Trinajstić information content (AvgIpc) is 2.39. The zero-order chi connectivity index (χ0) is 12.3. The summed E-state index contributed by atoms with van der Waals surface area (Å²) in [5.41, 5.74) is 0.615. The summed E-state index contributed by atoms with van der Waals surface area (Å²) < 4.78 is 0. The van der Waals surface area contributed by atoms with Crippen molar-refractivity contribution < 1.29 is 15.0 Å². The standard InChI is InChI=1S/C12H16N2O3/c15-11(10-5-1-2-6-13-10)9-4-3-7-14(8-9)12(16)17/h1-2,5-6,9,11,15H,3-4,7-8H2,(H,16,17)/t9-,11-/m0/s1. The average molecular weight is 236 g/mol. The lowest BCUT2D eigenvalue weighted by molar-refractivity contribution is 0.0479. The van der Waals surface area contributed by atoms with Gasteiger partial charge in [0.05, 0.1) is 5.69 Å². The number of nitrogens with zero attached hydrogens (tertiary/aromatic N) is 2. The molecule has 0 bridgehead atoms. The molecule has 1 aromatic heterocycles. The van der Waals surface area contributed by atoms with Crippen LogP contribution in [0.2, 0.25) is 0 Å². The zero-order valence-corrected chi connectivity index (χ0v) is 9.49. The Balaban J connectivity index is 2.05. The Morgan fingerprint density at radius 1 is 1.53 bits per heavy atom. The lowest BCUT2D eigenvalue weighted by atomic mass is 9.91. The van der Waals surface area contributed by atoms with Crippen LogP contribution in [-0.2, 0) is 0 Å². The SMILES string of the molecule is O=C(O)N1CCC[C@H]([C@H](O)c2ccccn2)C1. The topological polar surface area (TPSA) is 73.7 Å². The van der Waals surface area contributed by atoms with Gasteiger partial charge in [0.1, 0.15) is 6.10 Å². The van der Waals surface area contributed by atoms with Gasteiger partial charge >= 0.3 is 6.09 Å². The Bertz CT molecular complexity index is 383. The van der Waals surface area contributed by atoms with Crippen LogP contribution in [0.15, 0.2) is 24.4 Å². The molecule has 0 unspecified atom stereocenters. The third-order valence-corrected chi connectivity index (χ3v) is 3.17. The van der Waals surface area contributed by atoms with Crippen LogP contribution < -0.4 is 0 Å². The highest BCUT2D eigenvalue weighted by molar-refractivity contribution is 5.65. The van der Waals surface area contributed by atoms with E-state index < -0.39 is 12.2 Å². The molecular formula is C12H16N2O3. The smallest absolute Gasteiger partial charge is 0.407 e. The van der Waals surface area contributed by atoms with Crippen molar-refractivity contribution >= 4 is 6.09 Å². The fourth-order valence-corrected chi connectivity index (χ4v) is 2.23. The van der Waals surface area contributed by atoms with Gasteiger partial charge in [-0.3, -0.25) is 4.98 Å². The number of amides is 1. The fraction of sp³-hybridized carbons (Fsp3) is 0.500. The Hall–Kier alpha value is -1.62.